The van der Waals surface area contributed by atoms with E-state index in [0.29, 0.717) is 36.4 Å². The Hall–Kier alpha value is -3.42. The standard InChI is InChI=1S/C22H24N2O6/c1-3-29-22(26)20-5-4-12-23(20)19-11-6-15(2)13-18(19)21(25)30-14-16-7-9-17(10-8-16)24(27)28/h6-11,13,20H,3-5,12,14H2,1-2H3/t20-/m0/s1. The molecule has 0 bridgehead atoms. The number of nitro groups is 1. The maximum Gasteiger partial charge on any atom is 0.340 e. The van der Waals surface area contributed by atoms with Gasteiger partial charge in [0.25, 0.3) is 5.69 Å². The van der Waals surface area contributed by atoms with Crippen LogP contribution in [0.4, 0.5) is 11.4 Å². The topological polar surface area (TPSA) is 99.0 Å². The van der Waals surface area contributed by atoms with E-state index in [0.717, 1.165) is 12.0 Å². The van der Waals surface area contributed by atoms with E-state index in [4.69, 9.17) is 9.47 Å². The summed E-state index contributed by atoms with van der Waals surface area (Å²) in [6, 6.07) is 10.9. The maximum atomic E-state index is 12.9. The third kappa shape index (κ3) is 4.76. The van der Waals surface area contributed by atoms with Crippen LogP contribution in [0.5, 0.6) is 0 Å². The first-order chi connectivity index (χ1) is 14.4. The van der Waals surface area contributed by atoms with Gasteiger partial charge in [-0.05, 0) is 56.5 Å². The number of carbonyl (C=O) groups is 2. The first kappa shape index (κ1) is 21.3. The summed E-state index contributed by atoms with van der Waals surface area (Å²) in [6.45, 7) is 4.59. The van der Waals surface area contributed by atoms with Gasteiger partial charge in [0.1, 0.15) is 12.6 Å². The molecule has 8 nitrogen and oxygen atoms in total. The van der Waals surface area contributed by atoms with Gasteiger partial charge >= 0.3 is 11.9 Å². The number of non-ortho nitro benzene ring substituents is 1. The van der Waals surface area contributed by atoms with Crippen LogP contribution in [-0.4, -0.2) is 36.1 Å². The van der Waals surface area contributed by atoms with Crippen molar-refractivity contribution in [2.45, 2.75) is 39.3 Å². The summed E-state index contributed by atoms with van der Waals surface area (Å²) in [4.78, 5) is 37.4. The Morgan fingerprint density at radius 3 is 2.57 bits per heavy atom. The Labute approximate surface area is 174 Å². The number of carbonyl (C=O) groups excluding carboxylic acids is 2. The largest absolute Gasteiger partial charge is 0.464 e. The highest BCUT2D eigenvalue weighted by Gasteiger charge is 2.34. The van der Waals surface area contributed by atoms with Crippen LogP contribution >= 0.6 is 0 Å². The Bertz CT molecular complexity index is 941. The summed E-state index contributed by atoms with van der Waals surface area (Å²) in [6.07, 6.45) is 1.50. The lowest BCUT2D eigenvalue weighted by Gasteiger charge is -2.27. The fourth-order valence-corrected chi connectivity index (χ4v) is 3.54. The van der Waals surface area contributed by atoms with Crippen molar-refractivity contribution in [1.82, 2.24) is 0 Å². The van der Waals surface area contributed by atoms with Crippen LogP contribution in [0.1, 0.15) is 41.3 Å². The highest BCUT2D eigenvalue weighted by atomic mass is 16.6. The lowest BCUT2D eigenvalue weighted by Crippen LogP contribution is -2.38. The molecule has 0 spiro atoms. The van der Waals surface area contributed by atoms with E-state index < -0.39 is 16.9 Å². The zero-order valence-electron chi connectivity index (χ0n) is 17.0. The van der Waals surface area contributed by atoms with Gasteiger partial charge in [-0.15, -0.1) is 0 Å². The van der Waals surface area contributed by atoms with Gasteiger partial charge in [0.2, 0.25) is 0 Å². The van der Waals surface area contributed by atoms with Crippen LogP contribution in [0.15, 0.2) is 42.5 Å². The molecule has 0 saturated carbocycles. The van der Waals surface area contributed by atoms with Crippen molar-refractivity contribution < 1.29 is 24.0 Å². The van der Waals surface area contributed by atoms with E-state index in [-0.39, 0.29) is 18.3 Å². The summed E-state index contributed by atoms with van der Waals surface area (Å²) in [5.41, 5.74) is 2.55. The fraction of sp³-hybridized carbons (Fsp3) is 0.364. The van der Waals surface area contributed by atoms with Crippen LogP contribution < -0.4 is 4.90 Å². The summed E-state index contributed by atoms with van der Waals surface area (Å²) in [7, 11) is 0. The van der Waals surface area contributed by atoms with Crippen LogP contribution in [-0.2, 0) is 20.9 Å². The molecule has 158 valence electrons. The monoisotopic (exact) mass is 412 g/mol. The minimum absolute atomic E-state index is 0.00842. The first-order valence-corrected chi connectivity index (χ1v) is 9.85. The molecular weight excluding hydrogens is 388 g/mol. The number of ether oxygens (including phenoxy) is 2. The number of benzene rings is 2. The average molecular weight is 412 g/mol. The summed E-state index contributed by atoms with van der Waals surface area (Å²) in [5.74, 6) is -0.803. The lowest BCUT2D eigenvalue weighted by molar-refractivity contribution is -0.384. The number of anilines is 1. The Balaban J connectivity index is 1.78. The van der Waals surface area contributed by atoms with Crippen molar-refractivity contribution in [2.75, 3.05) is 18.1 Å². The van der Waals surface area contributed by atoms with E-state index in [1.54, 1.807) is 25.1 Å². The van der Waals surface area contributed by atoms with E-state index in [9.17, 15) is 19.7 Å². The third-order valence-corrected chi connectivity index (χ3v) is 5.01. The van der Waals surface area contributed by atoms with E-state index in [2.05, 4.69) is 0 Å². The lowest BCUT2D eigenvalue weighted by atomic mass is 10.1. The van der Waals surface area contributed by atoms with Crippen molar-refractivity contribution in [3.05, 3.63) is 69.3 Å². The molecule has 0 amide bonds. The molecule has 0 aliphatic carbocycles. The first-order valence-electron chi connectivity index (χ1n) is 9.85. The molecule has 3 rings (SSSR count). The second-order valence-corrected chi connectivity index (χ2v) is 7.12. The molecule has 0 N–H and O–H groups in total. The Morgan fingerprint density at radius 2 is 1.90 bits per heavy atom. The molecule has 1 fully saturated rings. The highest BCUT2D eigenvalue weighted by Crippen LogP contribution is 2.31. The van der Waals surface area contributed by atoms with Gasteiger partial charge in [-0.3, -0.25) is 10.1 Å². The highest BCUT2D eigenvalue weighted by molar-refractivity contribution is 5.97. The van der Waals surface area contributed by atoms with E-state index >= 15 is 0 Å². The Kier molecular flexibility index (Phi) is 6.66. The predicted octanol–water partition coefficient (Wildman–Crippen LogP) is 3.79. The molecule has 0 radical (unpaired) electrons. The molecule has 2 aromatic carbocycles. The van der Waals surface area contributed by atoms with Gasteiger partial charge in [0, 0.05) is 18.7 Å². The SMILES string of the molecule is CCOC(=O)[C@@H]1CCCN1c1ccc(C)cc1C(=O)OCc1ccc([N+](=O)[O-])cc1. The number of hydrogen-bond donors (Lipinski definition) is 0. The quantitative estimate of drug-likeness (QED) is 0.387. The molecule has 30 heavy (non-hydrogen) atoms. The van der Waals surface area contributed by atoms with Gasteiger partial charge < -0.3 is 14.4 Å². The number of nitro benzene ring substituents is 1. The molecule has 1 aliphatic heterocycles. The van der Waals surface area contributed by atoms with Gasteiger partial charge in [0.05, 0.1) is 22.8 Å². The van der Waals surface area contributed by atoms with Crippen molar-refractivity contribution in [1.29, 1.82) is 0 Å². The number of aryl methyl sites for hydroxylation is 1. The van der Waals surface area contributed by atoms with Gasteiger partial charge in [-0.25, -0.2) is 9.59 Å². The second kappa shape index (κ2) is 9.39. The second-order valence-electron chi connectivity index (χ2n) is 7.12. The van der Waals surface area contributed by atoms with Crippen molar-refractivity contribution in [3.63, 3.8) is 0 Å². The molecule has 1 heterocycles. The normalized spacial score (nSPS) is 15.7. The van der Waals surface area contributed by atoms with Crippen molar-refractivity contribution in [3.8, 4) is 0 Å². The fourth-order valence-electron chi connectivity index (χ4n) is 3.54. The molecule has 1 atom stereocenters. The molecule has 1 aliphatic rings. The van der Waals surface area contributed by atoms with Gasteiger partial charge in [-0.2, -0.15) is 0 Å². The van der Waals surface area contributed by atoms with Crippen molar-refractivity contribution >= 4 is 23.3 Å². The van der Waals surface area contributed by atoms with E-state index in [1.807, 2.05) is 24.0 Å². The van der Waals surface area contributed by atoms with Crippen LogP contribution in [0.2, 0.25) is 0 Å². The zero-order chi connectivity index (χ0) is 21.7. The number of hydrogen-bond acceptors (Lipinski definition) is 7. The molecule has 0 aromatic heterocycles. The third-order valence-electron chi connectivity index (χ3n) is 5.01. The summed E-state index contributed by atoms with van der Waals surface area (Å²) >= 11 is 0. The number of rotatable bonds is 7. The number of nitrogens with zero attached hydrogens (tertiary/aromatic N) is 2. The van der Waals surface area contributed by atoms with Gasteiger partial charge in [0.15, 0.2) is 0 Å². The smallest absolute Gasteiger partial charge is 0.340 e. The Morgan fingerprint density at radius 1 is 1.17 bits per heavy atom. The van der Waals surface area contributed by atoms with Crippen LogP contribution in [0, 0.1) is 17.0 Å². The summed E-state index contributed by atoms with van der Waals surface area (Å²) < 4.78 is 10.6. The number of esters is 2. The molecule has 8 heteroatoms. The van der Waals surface area contributed by atoms with E-state index in [1.165, 1.54) is 12.1 Å². The van der Waals surface area contributed by atoms with Gasteiger partial charge in [-0.1, -0.05) is 11.6 Å². The minimum Gasteiger partial charge on any atom is -0.464 e. The molecular formula is C22H24N2O6. The average Bonchev–Trinajstić information content (AvgIpc) is 3.22. The molecule has 0 unspecified atom stereocenters. The minimum atomic E-state index is -0.512. The van der Waals surface area contributed by atoms with Crippen molar-refractivity contribution in [2.24, 2.45) is 0 Å². The zero-order valence-corrected chi connectivity index (χ0v) is 17.0. The molecule has 2 aromatic rings. The van der Waals surface area contributed by atoms with Crippen LogP contribution in [0.3, 0.4) is 0 Å². The maximum absolute atomic E-state index is 12.9. The summed E-state index contributed by atoms with van der Waals surface area (Å²) in [5, 5.41) is 10.8. The molecule has 1 saturated heterocycles. The predicted molar refractivity (Wildman–Crippen MR) is 110 cm³/mol. The van der Waals surface area contributed by atoms with Crippen LogP contribution in [0.25, 0.3) is 0 Å².